The maximum atomic E-state index is 12.2. The van der Waals surface area contributed by atoms with Gasteiger partial charge in [-0.1, -0.05) is 18.2 Å². The Bertz CT molecular complexity index is 782. The number of hydrogen-bond donors (Lipinski definition) is 2. The molecule has 0 spiro atoms. The van der Waals surface area contributed by atoms with Gasteiger partial charge in [0.15, 0.2) is 6.10 Å². The zero-order chi connectivity index (χ0) is 16.4. The van der Waals surface area contributed by atoms with E-state index in [0.29, 0.717) is 17.7 Å². The SMILES string of the molecule is O=C(O)c1ccc(NC(=O)[C@H]2Cc3ccccc3C(=O)O2)cc1. The third-order valence-corrected chi connectivity index (χ3v) is 3.58. The molecule has 0 radical (unpaired) electrons. The molecule has 6 nitrogen and oxygen atoms in total. The molecule has 1 amide bonds. The quantitative estimate of drug-likeness (QED) is 0.847. The monoisotopic (exact) mass is 311 g/mol. The molecular weight excluding hydrogens is 298 g/mol. The molecule has 0 fully saturated rings. The number of rotatable bonds is 3. The first-order valence-corrected chi connectivity index (χ1v) is 6.97. The molecule has 1 heterocycles. The maximum absolute atomic E-state index is 12.2. The summed E-state index contributed by atoms with van der Waals surface area (Å²) in [4.78, 5) is 34.9. The van der Waals surface area contributed by atoms with Crippen molar-refractivity contribution in [3.05, 3.63) is 65.2 Å². The third-order valence-electron chi connectivity index (χ3n) is 3.58. The van der Waals surface area contributed by atoms with Crippen LogP contribution in [0, 0.1) is 0 Å². The van der Waals surface area contributed by atoms with Crippen LogP contribution < -0.4 is 5.32 Å². The molecule has 0 saturated heterocycles. The number of nitrogens with one attached hydrogen (secondary N) is 1. The van der Waals surface area contributed by atoms with E-state index < -0.39 is 23.9 Å². The Kier molecular flexibility index (Phi) is 3.80. The van der Waals surface area contributed by atoms with Crippen molar-refractivity contribution in [3.63, 3.8) is 0 Å². The average Bonchev–Trinajstić information content (AvgIpc) is 2.55. The number of carbonyl (C=O) groups excluding carboxylic acids is 2. The van der Waals surface area contributed by atoms with Crippen molar-refractivity contribution in [3.8, 4) is 0 Å². The molecular formula is C17H13NO5. The lowest BCUT2D eigenvalue weighted by atomic mass is 9.98. The zero-order valence-electron chi connectivity index (χ0n) is 12.0. The third kappa shape index (κ3) is 3.06. The lowest BCUT2D eigenvalue weighted by molar-refractivity contribution is -0.125. The van der Waals surface area contributed by atoms with E-state index in [9.17, 15) is 14.4 Å². The van der Waals surface area contributed by atoms with Crippen LogP contribution in [-0.2, 0) is 16.0 Å². The molecule has 0 aromatic heterocycles. The predicted octanol–water partition coefficient (Wildman–Crippen LogP) is 2.10. The molecule has 0 unspecified atom stereocenters. The summed E-state index contributed by atoms with van der Waals surface area (Å²) in [6, 6.07) is 12.7. The van der Waals surface area contributed by atoms with Gasteiger partial charge in [-0.2, -0.15) is 0 Å². The van der Waals surface area contributed by atoms with Crippen LogP contribution in [0.2, 0.25) is 0 Å². The molecule has 2 N–H and O–H groups in total. The molecule has 2 aromatic carbocycles. The van der Waals surface area contributed by atoms with Crippen molar-refractivity contribution in [1.29, 1.82) is 0 Å². The minimum atomic E-state index is -1.04. The second-order valence-corrected chi connectivity index (χ2v) is 5.13. The first-order chi connectivity index (χ1) is 11.0. The molecule has 2 aromatic rings. The number of esters is 1. The lowest BCUT2D eigenvalue weighted by Gasteiger charge is -2.23. The molecule has 0 bridgehead atoms. The van der Waals surface area contributed by atoms with E-state index in [2.05, 4.69) is 5.32 Å². The van der Waals surface area contributed by atoms with Crippen LogP contribution in [0.15, 0.2) is 48.5 Å². The van der Waals surface area contributed by atoms with Gasteiger partial charge in [-0.25, -0.2) is 9.59 Å². The van der Waals surface area contributed by atoms with Gasteiger partial charge in [-0.05, 0) is 35.9 Å². The molecule has 6 heteroatoms. The molecule has 0 aliphatic carbocycles. The van der Waals surface area contributed by atoms with Crippen LogP contribution in [0.25, 0.3) is 0 Å². The predicted molar refractivity (Wildman–Crippen MR) is 81.4 cm³/mol. The van der Waals surface area contributed by atoms with Crippen molar-refractivity contribution in [2.75, 3.05) is 5.32 Å². The largest absolute Gasteiger partial charge is 0.478 e. The molecule has 1 aliphatic rings. The van der Waals surface area contributed by atoms with Crippen LogP contribution >= 0.6 is 0 Å². The van der Waals surface area contributed by atoms with Crippen LogP contribution in [0.5, 0.6) is 0 Å². The lowest BCUT2D eigenvalue weighted by Crippen LogP contribution is -2.37. The number of hydrogen-bond acceptors (Lipinski definition) is 4. The van der Waals surface area contributed by atoms with Crippen molar-refractivity contribution >= 4 is 23.5 Å². The number of ether oxygens (including phenoxy) is 1. The van der Waals surface area contributed by atoms with Crippen molar-refractivity contribution in [2.24, 2.45) is 0 Å². The fourth-order valence-corrected chi connectivity index (χ4v) is 2.40. The number of carbonyl (C=O) groups is 3. The first kappa shape index (κ1) is 14.8. The minimum Gasteiger partial charge on any atom is -0.478 e. The number of amides is 1. The van der Waals surface area contributed by atoms with Gasteiger partial charge < -0.3 is 15.2 Å². The number of carboxylic acids is 1. The summed E-state index contributed by atoms with van der Waals surface area (Å²) in [5.74, 6) is -2.01. The molecule has 1 atom stereocenters. The van der Waals surface area contributed by atoms with E-state index in [0.717, 1.165) is 5.56 Å². The van der Waals surface area contributed by atoms with Gasteiger partial charge >= 0.3 is 11.9 Å². The van der Waals surface area contributed by atoms with Gasteiger partial charge in [0.2, 0.25) is 0 Å². The summed E-state index contributed by atoms with van der Waals surface area (Å²) in [6.45, 7) is 0. The van der Waals surface area contributed by atoms with Crippen LogP contribution in [-0.4, -0.2) is 29.1 Å². The highest BCUT2D eigenvalue weighted by molar-refractivity contribution is 6.00. The summed E-state index contributed by atoms with van der Waals surface area (Å²) in [5.41, 5.74) is 1.81. The van der Waals surface area contributed by atoms with Crippen LogP contribution in [0.4, 0.5) is 5.69 Å². The summed E-state index contributed by atoms with van der Waals surface area (Å²) in [5, 5.41) is 11.5. The highest BCUT2D eigenvalue weighted by Crippen LogP contribution is 2.21. The second kappa shape index (κ2) is 5.92. The van der Waals surface area contributed by atoms with Crippen LogP contribution in [0.3, 0.4) is 0 Å². The summed E-state index contributed by atoms with van der Waals surface area (Å²) in [7, 11) is 0. The normalized spacial score (nSPS) is 16.2. The Hall–Kier alpha value is -3.15. The Morgan fingerprint density at radius 2 is 1.78 bits per heavy atom. The molecule has 1 aliphatic heterocycles. The van der Waals surface area contributed by atoms with Gasteiger partial charge in [0.25, 0.3) is 5.91 Å². The van der Waals surface area contributed by atoms with E-state index in [1.807, 2.05) is 0 Å². The van der Waals surface area contributed by atoms with Crippen molar-refractivity contribution < 1.29 is 24.2 Å². The van der Waals surface area contributed by atoms with Gasteiger partial charge in [-0.3, -0.25) is 4.79 Å². The highest BCUT2D eigenvalue weighted by Gasteiger charge is 2.31. The number of cyclic esters (lactones) is 1. The minimum absolute atomic E-state index is 0.126. The van der Waals surface area contributed by atoms with E-state index in [-0.39, 0.29) is 5.56 Å². The van der Waals surface area contributed by atoms with E-state index in [1.54, 1.807) is 24.3 Å². The summed E-state index contributed by atoms with van der Waals surface area (Å²) < 4.78 is 5.16. The Balaban J connectivity index is 1.72. The molecule has 116 valence electrons. The second-order valence-electron chi connectivity index (χ2n) is 5.13. The topological polar surface area (TPSA) is 92.7 Å². The highest BCUT2D eigenvalue weighted by atomic mass is 16.5. The standard InChI is InChI=1S/C17H13NO5/c19-15(18-12-7-5-10(6-8-12)16(20)21)14-9-11-3-1-2-4-13(11)17(22)23-14/h1-8,14H,9H2,(H,18,19)(H,20,21)/t14-/m1/s1. The van der Waals surface area contributed by atoms with Gasteiger partial charge in [0.05, 0.1) is 11.1 Å². The first-order valence-electron chi connectivity index (χ1n) is 6.97. The van der Waals surface area contributed by atoms with Crippen molar-refractivity contribution in [2.45, 2.75) is 12.5 Å². The number of fused-ring (bicyclic) bond motifs is 1. The number of carboxylic acid groups (broad SMARTS) is 1. The van der Waals surface area contributed by atoms with E-state index >= 15 is 0 Å². The van der Waals surface area contributed by atoms with Gasteiger partial charge in [0, 0.05) is 12.1 Å². The van der Waals surface area contributed by atoms with Gasteiger partial charge in [-0.15, -0.1) is 0 Å². The summed E-state index contributed by atoms with van der Waals surface area (Å²) in [6.07, 6.45) is -0.599. The number of benzene rings is 2. The summed E-state index contributed by atoms with van der Waals surface area (Å²) >= 11 is 0. The van der Waals surface area contributed by atoms with E-state index in [1.165, 1.54) is 24.3 Å². The Labute approximate surface area is 131 Å². The smallest absolute Gasteiger partial charge is 0.339 e. The Morgan fingerprint density at radius 3 is 2.48 bits per heavy atom. The van der Waals surface area contributed by atoms with Crippen molar-refractivity contribution in [1.82, 2.24) is 0 Å². The molecule has 23 heavy (non-hydrogen) atoms. The fourth-order valence-electron chi connectivity index (χ4n) is 2.40. The van der Waals surface area contributed by atoms with Crippen LogP contribution in [0.1, 0.15) is 26.3 Å². The average molecular weight is 311 g/mol. The number of anilines is 1. The molecule has 0 saturated carbocycles. The number of aromatic carboxylic acids is 1. The van der Waals surface area contributed by atoms with E-state index in [4.69, 9.17) is 9.84 Å². The van der Waals surface area contributed by atoms with Gasteiger partial charge in [0.1, 0.15) is 0 Å². The fraction of sp³-hybridized carbons (Fsp3) is 0.118. The molecule has 3 rings (SSSR count). The maximum Gasteiger partial charge on any atom is 0.339 e. The zero-order valence-corrected chi connectivity index (χ0v) is 12.0. The Morgan fingerprint density at radius 1 is 1.09 bits per heavy atom.